The lowest BCUT2D eigenvalue weighted by atomic mass is 10.2. The standard InChI is InChI=1S/C11H13ClO3S/c1-15-6-10(11(13)14)16-7-8-2-4-9(12)5-3-8/h2-5,10H,6-7H2,1H3,(H,13,14). The van der Waals surface area contributed by atoms with Crippen LogP contribution in [0.25, 0.3) is 0 Å². The highest BCUT2D eigenvalue weighted by Crippen LogP contribution is 2.19. The Morgan fingerprint density at radius 3 is 2.62 bits per heavy atom. The smallest absolute Gasteiger partial charge is 0.319 e. The fraction of sp³-hybridized carbons (Fsp3) is 0.364. The summed E-state index contributed by atoms with van der Waals surface area (Å²) in [5.74, 6) is -0.210. The van der Waals surface area contributed by atoms with Crippen LogP contribution >= 0.6 is 23.4 Å². The van der Waals surface area contributed by atoms with Crippen LogP contribution in [-0.2, 0) is 15.3 Å². The van der Waals surface area contributed by atoms with Crippen molar-refractivity contribution in [2.75, 3.05) is 13.7 Å². The third-order valence-corrected chi connectivity index (χ3v) is 3.45. The molecule has 1 rings (SSSR count). The van der Waals surface area contributed by atoms with Crippen LogP contribution in [0.5, 0.6) is 0 Å². The maximum absolute atomic E-state index is 10.8. The summed E-state index contributed by atoms with van der Waals surface area (Å²) in [6, 6.07) is 7.37. The van der Waals surface area contributed by atoms with Crippen molar-refractivity contribution in [1.29, 1.82) is 0 Å². The van der Waals surface area contributed by atoms with E-state index in [-0.39, 0.29) is 6.61 Å². The molecule has 1 aromatic carbocycles. The lowest BCUT2D eigenvalue weighted by Gasteiger charge is -2.10. The molecule has 3 nitrogen and oxygen atoms in total. The van der Waals surface area contributed by atoms with Crippen LogP contribution in [0, 0.1) is 0 Å². The topological polar surface area (TPSA) is 46.5 Å². The third kappa shape index (κ3) is 4.43. The van der Waals surface area contributed by atoms with Gasteiger partial charge in [0.05, 0.1) is 6.61 Å². The summed E-state index contributed by atoms with van der Waals surface area (Å²) in [5.41, 5.74) is 1.05. The van der Waals surface area contributed by atoms with Gasteiger partial charge in [0.2, 0.25) is 0 Å². The predicted octanol–water partition coefficient (Wildman–Crippen LogP) is 2.67. The van der Waals surface area contributed by atoms with Gasteiger partial charge in [0, 0.05) is 17.9 Å². The SMILES string of the molecule is COCC(SCc1ccc(Cl)cc1)C(=O)O. The van der Waals surface area contributed by atoms with Gasteiger partial charge in [0.15, 0.2) is 0 Å². The van der Waals surface area contributed by atoms with Gasteiger partial charge in [-0.15, -0.1) is 11.8 Å². The number of carboxylic acid groups (broad SMARTS) is 1. The zero-order valence-corrected chi connectivity index (χ0v) is 10.4. The molecule has 0 amide bonds. The van der Waals surface area contributed by atoms with Gasteiger partial charge >= 0.3 is 5.97 Å². The van der Waals surface area contributed by atoms with Gasteiger partial charge in [-0.2, -0.15) is 0 Å². The lowest BCUT2D eigenvalue weighted by molar-refractivity contribution is -0.137. The second-order valence-corrected chi connectivity index (χ2v) is 4.85. The van der Waals surface area contributed by atoms with E-state index in [0.717, 1.165) is 5.56 Å². The molecule has 0 aromatic heterocycles. The number of rotatable bonds is 6. The Morgan fingerprint density at radius 1 is 1.50 bits per heavy atom. The van der Waals surface area contributed by atoms with E-state index in [1.165, 1.54) is 18.9 Å². The maximum Gasteiger partial charge on any atom is 0.319 e. The normalized spacial score (nSPS) is 12.4. The zero-order valence-electron chi connectivity index (χ0n) is 8.85. The summed E-state index contributed by atoms with van der Waals surface area (Å²) in [5, 5.41) is 9.06. The molecule has 5 heteroatoms. The van der Waals surface area contributed by atoms with E-state index in [2.05, 4.69) is 0 Å². The van der Waals surface area contributed by atoms with Crippen LogP contribution in [0.4, 0.5) is 0 Å². The number of hydrogen-bond acceptors (Lipinski definition) is 3. The van der Waals surface area contributed by atoms with Crippen LogP contribution in [0.1, 0.15) is 5.56 Å². The number of methoxy groups -OCH3 is 1. The van der Waals surface area contributed by atoms with Crippen molar-refractivity contribution >= 4 is 29.3 Å². The van der Waals surface area contributed by atoms with E-state index >= 15 is 0 Å². The second-order valence-electron chi connectivity index (χ2n) is 3.22. The molecule has 0 spiro atoms. The number of halogens is 1. The highest BCUT2D eigenvalue weighted by molar-refractivity contribution is 7.99. The van der Waals surface area contributed by atoms with Crippen LogP contribution < -0.4 is 0 Å². The molecule has 0 bridgehead atoms. The summed E-state index contributed by atoms with van der Waals surface area (Å²) in [6.45, 7) is 0.216. The van der Waals surface area contributed by atoms with Crippen molar-refractivity contribution in [3.8, 4) is 0 Å². The summed E-state index contributed by atoms with van der Waals surface area (Å²) in [7, 11) is 1.50. The number of thioether (sulfide) groups is 1. The van der Waals surface area contributed by atoms with Crippen molar-refractivity contribution in [3.05, 3.63) is 34.9 Å². The van der Waals surface area contributed by atoms with Gasteiger partial charge < -0.3 is 9.84 Å². The van der Waals surface area contributed by atoms with Crippen LogP contribution in [0.3, 0.4) is 0 Å². The highest BCUT2D eigenvalue weighted by atomic mass is 35.5. The Bertz CT molecular complexity index is 340. The summed E-state index contributed by atoms with van der Waals surface area (Å²) in [4.78, 5) is 10.8. The average Bonchev–Trinajstić information content (AvgIpc) is 2.26. The first-order chi connectivity index (χ1) is 7.63. The Balaban J connectivity index is 2.48. The number of aliphatic carboxylic acids is 1. The van der Waals surface area contributed by atoms with E-state index < -0.39 is 11.2 Å². The molecule has 0 aliphatic rings. The van der Waals surface area contributed by atoms with E-state index in [9.17, 15) is 4.79 Å². The molecule has 0 heterocycles. The summed E-state index contributed by atoms with van der Waals surface area (Å²) in [6.07, 6.45) is 0. The van der Waals surface area contributed by atoms with Gasteiger partial charge in [0.25, 0.3) is 0 Å². The van der Waals surface area contributed by atoms with Gasteiger partial charge in [0.1, 0.15) is 5.25 Å². The molecule has 0 aliphatic heterocycles. The minimum atomic E-state index is -0.846. The maximum atomic E-state index is 10.8. The summed E-state index contributed by atoms with van der Waals surface area (Å²) >= 11 is 7.10. The minimum absolute atomic E-state index is 0.216. The molecule has 1 N–H and O–H groups in total. The van der Waals surface area contributed by atoms with Crippen LogP contribution in [-0.4, -0.2) is 30.0 Å². The molecule has 0 fully saturated rings. The number of hydrogen-bond donors (Lipinski definition) is 1. The number of carboxylic acids is 1. The van der Waals surface area contributed by atoms with Crippen LogP contribution in [0.15, 0.2) is 24.3 Å². The predicted molar refractivity (Wildman–Crippen MR) is 66.0 cm³/mol. The molecule has 0 saturated heterocycles. The Morgan fingerprint density at radius 2 is 2.12 bits per heavy atom. The van der Waals surface area contributed by atoms with Gasteiger partial charge in [-0.25, -0.2) is 0 Å². The first-order valence-corrected chi connectivity index (χ1v) is 6.14. The number of benzene rings is 1. The molecule has 88 valence electrons. The molecular formula is C11H13ClO3S. The molecule has 0 aliphatic carbocycles. The Kier molecular flexibility index (Phi) is 5.66. The molecule has 1 atom stereocenters. The van der Waals surface area contributed by atoms with Crippen LogP contribution in [0.2, 0.25) is 5.02 Å². The summed E-state index contributed by atoms with van der Waals surface area (Å²) < 4.78 is 4.85. The van der Waals surface area contributed by atoms with Crippen molar-refractivity contribution in [1.82, 2.24) is 0 Å². The van der Waals surface area contributed by atoms with Crippen molar-refractivity contribution in [2.45, 2.75) is 11.0 Å². The van der Waals surface area contributed by atoms with Crippen molar-refractivity contribution in [2.24, 2.45) is 0 Å². The second kappa shape index (κ2) is 6.78. The molecule has 0 radical (unpaired) electrons. The molecule has 0 saturated carbocycles. The average molecular weight is 261 g/mol. The molecular weight excluding hydrogens is 248 g/mol. The lowest BCUT2D eigenvalue weighted by Crippen LogP contribution is -2.21. The largest absolute Gasteiger partial charge is 0.480 e. The van der Waals surface area contributed by atoms with E-state index in [0.29, 0.717) is 10.8 Å². The fourth-order valence-corrected chi connectivity index (χ4v) is 2.21. The Hall–Kier alpha value is -0.710. The van der Waals surface area contributed by atoms with E-state index in [1.807, 2.05) is 12.1 Å². The van der Waals surface area contributed by atoms with E-state index in [4.69, 9.17) is 21.4 Å². The minimum Gasteiger partial charge on any atom is -0.480 e. The van der Waals surface area contributed by atoms with E-state index in [1.54, 1.807) is 12.1 Å². The first-order valence-electron chi connectivity index (χ1n) is 4.71. The monoisotopic (exact) mass is 260 g/mol. The zero-order chi connectivity index (χ0) is 12.0. The van der Waals surface area contributed by atoms with Gasteiger partial charge in [-0.05, 0) is 17.7 Å². The molecule has 1 unspecified atom stereocenters. The number of ether oxygens (including phenoxy) is 1. The Labute approximate surface area is 104 Å². The fourth-order valence-electron chi connectivity index (χ4n) is 1.12. The van der Waals surface area contributed by atoms with Crippen molar-refractivity contribution < 1.29 is 14.6 Å². The van der Waals surface area contributed by atoms with Gasteiger partial charge in [-0.1, -0.05) is 23.7 Å². The third-order valence-electron chi connectivity index (χ3n) is 1.96. The molecule has 1 aromatic rings. The van der Waals surface area contributed by atoms with Gasteiger partial charge in [-0.3, -0.25) is 4.79 Å². The molecule has 16 heavy (non-hydrogen) atoms. The highest BCUT2D eigenvalue weighted by Gasteiger charge is 2.17. The quantitative estimate of drug-likeness (QED) is 0.854. The van der Waals surface area contributed by atoms with Crippen molar-refractivity contribution in [3.63, 3.8) is 0 Å². The first kappa shape index (κ1) is 13.4. The number of carbonyl (C=O) groups is 1.